The summed E-state index contributed by atoms with van der Waals surface area (Å²) < 4.78 is 0. The molecule has 0 atom stereocenters. The van der Waals surface area contributed by atoms with Crippen LogP contribution in [-0.4, -0.2) is 58.9 Å². The first-order valence-electron chi connectivity index (χ1n) is 7.07. The zero-order valence-electron chi connectivity index (χ0n) is 12.3. The molecule has 1 spiro atoms. The molecule has 2 fully saturated rings. The van der Waals surface area contributed by atoms with Crippen LogP contribution in [0.15, 0.2) is 0 Å². The molecule has 2 saturated heterocycles. The largest absolute Gasteiger partial charge is 0.465 e. The van der Waals surface area contributed by atoms with Crippen molar-refractivity contribution in [2.75, 3.05) is 26.2 Å². The summed E-state index contributed by atoms with van der Waals surface area (Å²) in [7, 11) is 0. The van der Waals surface area contributed by atoms with E-state index >= 15 is 0 Å². The highest BCUT2D eigenvalue weighted by Gasteiger charge is 2.56. The number of hydrogen-bond acceptors (Lipinski definition) is 3. The number of nitrogens with zero attached hydrogens (tertiary/aromatic N) is 2. The average Bonchev–Trinajstić information content (AvgIpc) is 2.42. The number of likely N-dealkylation sites (tertiary alicyclic amines) is 2. The van der Waals surface area contributed by atoms with Gasteiger partial charge in [-0.05, 0) is 33.6 Å². The molecule has 1 N–H and O–H groups in total. The van der Waals surface area contributed by atoms with Gasteiger partial charge in [-0.15, -0.1) is 0 Å². The highest BCUT2D eigenvalue weighted by atomic mass is 16.4. The first-order valence-corrected chi connectivity index (χ1v) is 7.07. The van der Waals surface area contributed by atoms with Crippen LogP contribution in [0.5, 0.6) is 0 Å². The van der Waals surface area contributed by atoms with E-state index in [1.54, 1.807) is 18.7 Å². The minimum atomic E-state index is -1.00. The van der Waals surface area contributed by atoms with E-state index in [-0.39, 0.29) is 11.7 Å². The highest BCUT2D eigenvalue weighted by Crippen LogP contribution is 2.44. The Balaban J connectivity index is 2.26. The van der Waals surface area contributed by atoms with Crippen LogP contribution in [0, 0.1) is 10.8 Å². The monoisotopic (exact) mass is 282 g/mol. The van der Waals surface area contributed by atoms with Crippen LogP contribution >= 0.6 is 0 Å². The van der Waals surface area contributed by atoms with Crippen LogP contribution in [0.25, 0.3) is 0 Å². The highest BCUT2D eigenvalue weighted by molar-refractivity contribution is 6.10. The fourth-order valence-corrected chi connectivity index (χ4v) is 3.43. The van der Waals surface area contributed by atoms with Gasteiger partial charge in [0.1, 0.15) is 5.41 Å². The maximum absolute atomic E-state index is 12.8. The number of amides is 2. The van der Waals surface area contributed by atoms with Crippen molar-refractivity contribution in [3.05, 3.63) is 0 Å². The lowest BCUT2D eigenvalue weighted by Gasteiger charge is -2.50. The number of carbonyl (C=O) groups is 3. The third kappa shape index (κ3) is 2.07. The molecular formula is C14H22N2O4. The quantitative estimate of drug-likeness (QED) is 0.733. The van der Waals surface area contributed by atoms with Gasteiger partial charge in [-0.2, -0.15) is 0 Å². The smallest absolute Gasteiger partial charge is 0.407 e. The van der Waals surface area contributed by atoms with E-state index in [0.29, 0.717) is 39.0 Å². The zero-order chi connectivity index (χ0) is 15.1. The van der Waals surface area contributed by atoms with Crippen molar-refractivity contribution in [2.24, 2.45) is 10.8 Å². The molecular weight excluding hydrogens is 260 g/mol. The SMILES string of the molecule is CCN1CC2(CCN(C(=O)O)CC2)C(=O)C(C)(C)C1=O. The fourth-order valence-electron chi connectivity index (χ4n) is 3.43. The molecule has 6 nitrogen and oxygen atoms in total. The summed E-state index contributed by atoms with van der Waals surface area (Å²) in [6.07, 6.45) is 0.0715. The minimum absolute atomic E-state index is 0.0234. The number of piperidine rings is 2. The third-order valence-corrected chi connectivity index (χ3v) is 4.74. The van der Waals surface area contributed by atoms with Crippen molar-refractivity contribution in [1.82, 2.24) is 9.80 Å². The van der Waals surface area contributed by atoms with Crippen LogP contribution in [0.3, 0.4) is 0 Å². The summed E-state index contributed by atoms with van der Waals surface area (Å²) in [5.74, 6) is -0.138. The van der Waals surface area contributed by atoms with Gasteiger partial charge < -0.3 is 14.9 Å². The minimum Gasteiger partial charge on any atom is -0.465 e. The van der Waals surface area contributed by atoms with Crippen molar-refractivity contribution in [3.8, 4) is 0 Å². The van der Waals surface area contributed by atoms with Crippen LogP contribution in [0.4, 0.5) is 4.79 Å². The third-order valence-electron chi connectivity index (χ3n) is 4.74. The molecule has 0 aromatic heterocycles. The number of carbonyl (C=O) groups excluding carboxylic acids is 2. The lowest BCUT2D eigenvalue weighted by molar-refractivity contribution is -0.164. The normalized spacial score (nSPS) is 25.1. The maximum atomic E-state index is 12.8. The Morgan fingerprint density at radius 1 is 1.25 bits per heavy atom. The summed E-state index contributed by atoms with van der Waals surface area (Å²) in [6, 6.07) is 0. The number of carboxylic acid groups (broad SMARTS) is 1. The van der Waals surface area contributed by atoms with Crippen LogP contribution in [0.1, 0.15) is 33.6 Å². The van der Waals surface area contributed by atoms with E-state index in [4.69, 9.17) is 5.11 Å². The Kier molecular flexibility index (Phi) is 3.52. The van der Waals surface area contributed by atoms with Crippen LogP contribution < -0.4 is 0 Å². The summed E-state index contributed by atoms with van der Waals surface area (Å²) >= 11 is 0. The van der Waals surface area contributed by atoms with Gasteiger partial charge in [-0.25, -0.2) is 4.79 Å². The van der Waals surface area contributed by atoms with Crippen molar-refractivity contribution >= 4 is 17.8 Å². The van der Waals surface area contributed by atoms with Gasteiger partial charge >= 0.3 is 6.09 Å². The Labute approximate surface area is 118 Å². The van der Waals surface area contributed by atoms with Gasteiger partial charge in [0.15, 0.2) is 5.78 Å². The van der Waals surface area contributed by atoms with E-state index in [1.807, 2.05) is 6.92 Å². The van der Waals surface area contributed by atoms with Crippen molar-refractivity contribution < 1.29 is 19.5 Å². The molecule has 0 aliphatic carbocycles. The second-order valence-corrected chi connectivity index (χ2v) is 6.32. The van der Waals surface area contributed by atoms with Gasteiger partial charge in [0.05, 0.1) is 5.41 Å². The summed E-state index contributed by atoms with van der Waals surface area (Å²) in [6.45, 7) is 7.02. The van der Waals surface area contributed by atoms with Gasteiger partial charge in [-0.3, -0.25) is 9.59 Å². The Bertz CT molecular complexity index is 450. The van der Waals surface area contributed by atoms with E-state index in [9.17, 15) is 14.4 Å². The van der Waals surface area contributed by atoms with E-state index in [2.05, 4.69) is 0 Å². The lowest BCUT2D eigenvalue weighted by atomic mass is 9.63. The predicted molar refractivity (Wildman–Crippen MR) is 72.3 cm³/mol. The number of rotatable bonds is 1. The van der Waals surface area contributed by atoms with E-state index in [0.717, 1.165) is 0 Å². The molecule has 0 aromatic carbocycles. The van der Waals surface area contributed by atoms with Crippen molar-refractivity contribution in [3.63, 3.8) is 0 Å². The Hall–Kier alpha value is -1.59. The molecule has 2 amide bonds. The molecule has 0 bridgehead atoms. The predicted octanol–water partition coefficient (Wildman–Crippen LogP) is 1.20. The average molecular weight is 282 g/mol. The van der Waals surface area contributed by atoms with Crippen molar-refractivity contribution in [1.29, 1.82) is 0 Å². The molecule has 2 rings (SSSR count). The Morgan fingerprint density at radius 2 is 1.80 bits per heavy atom. The molecule has 2 heterocycles. The van der Waals surface area contributed by atoms with E-state index < -0.39 is 16.9 Å². The fraction of sp³-hybridized carbons (Fsp3) is 0.786. The standard InChI is InChI=1S/C14H22N2O4/c1-4-15-9-14(10(17)13(2,3)11(15)18)5-7-16(8-6-14)12(19)20/h4-9H2,1-3H3,(H,19,20). The van der Waals surface area contributed by atoms with Crippen molar-refractivity contribution in [2.45, 2.75) is 33.6 Å². The topological polar surface area (TPSA) is 77.9 Å². The maximum Gasteiger partial charge on any atom is 0.407 e. The molecule has 0 saturated carbocycles. The molecule has 2 aliphatic rings. The van der Waals surface area contributed by atoms with Crippen LogP contribution in [0.2, 0.25) is 0 Å². The number of Topliss-reactive ketones (excluding diaryl/α,β-unsaturated/α-hetero) is 1. The Morgan fingerprint density at radius 3 is 2.25 bits per heavy atom. The van der Waals surface area contributed by atoms with Gasteiger partial charge in [0, 0.05) is 26.2 Å². The molecule has 0 radical (unpaired) electrons. The molecule has 0 aromatic rings. The summed E-state index contributed by atoms with van der Waals surface area (Å²) in [5.41, 5.74) is -1.57. The molecule has 6 heteroatoms. The van der Waals surface area contributed by atoms with Crippen LogP contribution in [-0.2, 0) is 9.59 Å². The summed E-state index contributed by atoms with van der Waals surface area (Å²) in [5, 5.41) is 9.01. The van der Waals surface area contributed by atoms with E-state index in [1.165, 1.54) is 4.90 Å². The zero-order valence-corrected chi connectivity index (χ0v) is 12.3. The first kappa shape index (κ1) is 14.8. The number of ketones is 1. The second-order valence-electron chi connectivity index (χ2n) is 6.32. The molecule has 2 aliphatic heterocycles. The first-order chi connectivity index (χ1) is 9.24. The van der Waals surface area contributed by atoms with Gasteiger partial charge in [0.2, 0.25) is 5.91 Å². The molecule has 112 valence electrons. The summed E-state index contributed by atoms with van der Waals surface area (Å²) in [4.78, 5) is 39.1. The lowest BCUT2D eigenvalue weighted by Crippen LogP contribution is -2.63. The van der Waals surface area contributed by atoms with Gasteiger partial charge in [-0.1, -0.05) is 0 Å². The van der Waals surface area contributed by atoms with Gasteiger partial charge in [0.25, 0.3) is 0 Å². The molecule has 0 unspecified atom stereocenters. The molecule has 20 heavy (non-hydrogen) atoms. The second kappa shape index (κ2) is 4.75. The number of hydrogen-bond donors (Lipinski definition) is 1.